The molecule has 0 amide bonds. The molecule has 1 heterocycles. The average molecular weight is 369 g/mol. The highest BCUT2D eigenvalue weighted by Gasteiger charge is 2.40. The van der Waals surface area contributed by atoms with Crippen molar-refractivity contribution >= 4 is 11.9 Å². The Morgan fingerprint density at radius 2 is 1.70 bits per heavy atom. The van der Waals surface area contributed by atoms with Crippen LogP contribution >= 0.6 is 0 Å². The van der Waals surface area contributed by atoms with Crippen LogP contribution in [0, 0.1) is 11.3 Å². The fraction of sp³-hybridized carbons (Fsp3) is 0.350. The third-order valence-electron chi connectivity index (χ3n) is 4.21. The normalized spacial score (nSPS) is 16.4. The summed E-state index contributed by atoms with van der Waals surface area (Å²) < 4.78 is 10.4. The summed E-state index contributed by atoms with van der Waals surface area (Å²) in [6.45, 7) is 5.58. The van der Waals surface area contributed by atoms with Gasteiger partial charge in [-0.3, -0.25) is 0 Å². The molecule has 0 radical (unpaired) electrons. The number of nitrogens with zero attached hydrogens (tertiary/aromatic N) is 1. The van der Waals surface area contributed by atoms with Gasteiger partial charge in [-0.2, -0.15) is 5.26 Å². The van der Waals surface area contributed by atoms with Gasteiger partial charge in [-0.25, -0.2) is 9.59 Å². The molecule has 7 nitrogen and oxygen atoms in total. The molecule has 3 N–H and O–H groups in total. The van der Waals surface area contributed by atoms with Crippen molar-refractivity contribution in [2.75, 3.05) is 13.2 Å². The average Bonchev–Trinajstić information content (AvgIpc) is 2.67. The van der Waals surface area contributed by atoms with Crippen LogP contribution in [0.25, 0.3) is 0 Å². The standard InChI is InChI=1S/C20H23N3O4/c1-4-14-16(19(24)26-5-2)15(13-10-8-7-9-12(13)11-21)17(18(22)23-14)20(25)27-6-3/h7-10,15,23H,4-6,22H2,1-3H3. The third kappa shape index (κ3) is 3.95. The first-order chi connectivity index (χ1) is 13.0. The number of benzene rings is 1. The van der Waals surface area contributed by atoms with Gasteiger partial charge in [-0.1, -0.05) is 25.1 Å². The summed E-state index contributed by atoms with van der Waals surface area (Å²) in [7, 11) is 0. The SMILES string of the molecule is CCOC(=O)C1=C(N)NC(CC)=C(C(=O)OCC)C1c1ccccc1C#N. The van der Waals surface area contributed by atoms with E-state index in [9.17, 15) is 14.9 Å². The highest BCUT2D eigenvalue weighted by molar-refractivity contribution is 6.00. The van der Waals surface area contributed by atoms with Gasteiger partial charge in [0.25, 0.3) is 0 Å². The number of nitrogens with one attached hydrogen (secondary N) is 1. The number of nitriles is 1. The Labute approximate surface area is 158 Å². The number of rotatable bonds is 6. The van der Waals surface area contributed by atoms with Gasteiger partial charge in [0.1, 0.15) is 5.82 Å². The molecule has 0 bridgehead atoms. The van der Waals surface area contributed by atoms with E-state index in [2.05, 4.69) is 11.4 Å². The zero-order valence-electron chi connectivity index (χ0n) is 15.7. The number of dihydropyridines is 1. The molecule has 27 heavy (non-hydrogen) atoms. The monoisotopic (exact) mass is 369 g/mol. The summed E-state index contributed by atoms with van der Waals surface area (Å²) in [5.41, 5.74) is 7.89. The number of hydrogen-bond donors (Lipinski definition) is 2. The Morgan fingerprint density at radius 1 is 1.11 bits per heavy atom. The van der Waals surface area contributed by atoms with Gasteiger partial charge in [0.2, 0.25) is 0 Å². The van der Waals surface area contributed by atoms with E-state index in [0.29, 0.717) is 23.2 Å². The summed E-state index contributed by atoms with van der Waals surface area (Å²) in [6, 6.07) is 8.90. The van der Waals surface area contributed by atoms with Gasteiger partial charge in [0.15, 0.2) is 0 Å². The van der Waals surface area contributed by atoms with Gasteiger partial charge in [0.05, 0.1) is 41.9 Å². The minimum Gasteiger partial charge on any atom is -0.463 e. The zero-order chi connectivity index (χ0) is 20.0. The minimum absolute atomic E-state index is 0.0970. The van der Waals surface area contributed by atoms with Crippen LogP contribution in [0.3, 0.4) is 0 Å². The topological polar surface area (TPSA) is 114 Å². The number of allylic oxidation sites excluding steroid dienone is 1. The molecule has 1 aliphatic rings. The quantitative estimate of drug-likeness (QED) is 0.739. The van der Waals surface area contributed by atoms with E-state index in [4.69, 9.17) is 15.2 Å². The molecule has 7 heteroatoms. The van der Waals surface area contributed by atoms with Crippen LogP contribution in [0.5, 0.6) is 0 Å². The predicted octanol–water partition coefficient (Wildman–Crippen LogP) is 2.21. The molecule has 0 fully saturated rings. The van der Waals surface area contributed by atoms with Crippen LogP contribution in [0.15, 0.2) is 46.9 Å². The van der Waals surface area contributed by atoms with E-state index in [0.717, 1.165) is 0 Å². The van der Waals surface area contributed by atoms with Crippen LogP contribution in [0.4, 0.5) is 0 Å². The van der Waals surface area contributed by atoms with Crippen molar-refractivity contribution in [2.45, 2.75) is 33.1 Å². The molecule has 2 rings (SSSR count). The number of esters is 2. The highest BCUT2D eigenvalue weighted by atomic mass is 16.5. The lowest BCUT2D eigenvalue weighted by atomic mass is 9.79. The van der Waals surface area contributed by atoms with E-state index in [-0.39, 0.29) is 30.2 Å². The lowest BCUT2D eigenvalue weighted by Crippen LogP contribution is -2.37. The lowest BCUT2D eigenvalue weighted by molar-refractivity contribution is -0.139. The van der Waals surface area contributed by atoms with Crippen molar-refractivity contribution in [3.63, 3.8) is 0 Å². The van der Waals surface area contributed by atoms with Gasteiger partial charge in [-0.15, -0.1) is 0 Å². The number of hydrogen-bond acceptors (Lipinski definition) is 7. The minimum atomic E-state index is -0.852. The Balaban J connectivity index is 2.77. The smallest absolute Gasteiger partial charge is 0.338 e. The second kappa shape index (κ2) is 8.90. The van der Waals surface area contributed by atoms with E-state index >= 15 is 0 Å². The van der Waals surface area contributed by atoms with Crippen molar-refractivity contribution in [1.82, 2.24) is 5.32 Å². The van der Waals surface area contributed by atoms with Crippen LogP contribution in [-0.4, -0.2) is 25.2 Å². The maximum Gasteiger partial charge on any atom is 0.338 e. The van der Waals surface area contributed by atoms with Gasteiger partial charge in [-0.05, 0) is 31.9 Å². The number of ether oxygens (including phenoxy) is 2. The van der Waals surface area contributed by atoms with Crippen LogP contribution in [0.2, 0.25) is 0 Å². The van der Waals surface area contributed by atoms with Crippen LogP contribution in [-0.2, 0) is 19.1 Å². The molecular weight excluding hydrogens is 346 g/mol. The van der Waals surface area contributed by atoms with Crippen molar-refractivity contribution in [3.8, 4) is 6.07 Å². The van der Waals surface area contributed by atoms with Crippen molar-refractivity contribution < 1.29 is 19.1 Å². The summed E-state index contributed by atoms with van der Waals surface area (Å²) in [6.07, 6.45) is 0.468. The van der Waals surface area contributed by atoms with E-state index in [1.165, 1.54) is 0 Å². The molecule has 0 spiro atoms. The molecule has 0 saturated carbocycles. The fourth-order valence-corrected chi connectivity index (χ4v) is 3.10. The third-order valence-corrected chi connectivity index (χ3v) is 4.21. The number of carbonyl (C=O) groups excluding carboxylic acids is 2. The molecule has 142 valence electrons. The summed E-state index contributed by atoms with van der Waals surface area (Å²) in [5.74, 6) is -1.95. The number of carbonyl (C=O) groups is 2. The molecule has 1 aliphatic heterocycles. The molecule has 0 saturated heterocycles. The first kappa shape index (κ1) is 20.0. The highest BCUT2D eigenvalue weighted by Crippen LogP contribution is 2.40. The first-order valence-corrected chi connectivity index (χ1v) is 8.82. The Kier molecular flexibility index (Phi) is 6.61. The predicted molar refractivity (Wildman–Crippen MR) is 98.8 cm³/mol. The van der Waals surface area contributed by atoms with E-state index in [1.807, 2.05) is 6.92 Å². The molecule has 1 atom stereocenters. The molecule has 0 aromatic heterocycles. The summed E-state index contributed by atoms with van der Waals surface area (Å²) in [5, 5.41) is 12.5. The largest absolute Gasteiger partial charge is 0.463 e. The Bertz CT molecular complexity index is 849. The Hall–Kier alpha value is -3.27. The van der Waals surface area contributed by atoms with Crippen molar-refractivity contribution in [1.29, 1.82) is 5.26 Å². The van der Waals surface area contributed by atoms with Gasteiger partial charge in [0, 0.05) is 5.70 Å². The second-order valence-corrected chi connectivity index (χ2v) is 5.77. The van der Waals surface area contributed by atoms with E-state index < -0.39 is 17.9 Å². The van der Waals surface area contributed by atoms with Crippen molar-refractivity contribution in [2.24, 2.45) is 5.73 Å². The van der Waals surface area contributed by atoms with Crippen LogP contribution in [0.1, 0.15) is 44.2 Å². The van der Waals surface area contributed by atoms with Gasteiger partial charge >= 0.3 is 11.9 Å². The van der Waals surface area contributed by atoms with Crippen molar-refractivity contribution in [3.05, 3.63) is 58.1 Å². The van der Waals surface area contributed by atoms with E-state index in [1.54, 1.807) is 38.1 Å². The molecule has 0 aliphatic carbocycles. The number of nitrogens with two attached hydrogens (primary N) is 1. The molecule has 1 aromatic rings. The first-order valence-electron chi connectivity index (χ1n) is 8.82. The maximum absolute atomic E-state index is 12.8. The van der Waals surface area contributed by atoms with Crippen LogP contribution < -0.4 is 11.1 Å². The molecular formula is C20H23N3O4. The second-order valence-electron chi connectivity index (χ2n) is 5.77. The molecule has 1 aromatic carbocycles. The summed E-state index contributed by atoms with van der Waals surface area (Å²) >= 11 is 0. The Morgan fingerprint density at radius 3 is 2.26 bits per heavy atom. The summed E-state index contributed by atoms with van der Waals surface area (Å²) in [4.78, 5) is 25.4. The fourth-order valence-electron chi connectivity index (χ4n) is 3.10. The lowest BCUT2D eigenvalue weighted by Gasteiger charge is -2.31. The zero-order valence-corrected chi connectivity index (χ0v) is 15.7. The van der Waals surface area contributed by atoms with Gasteiger partial charge < -0.3 is 20.5 Å². The maximum atomic E-state index is 12.8. The molecule has 1 unspecified atom stereocenters.